The lowest BCUT2D eigenvalue weighted by Crippen LogP contribution is -2.42. The third-order valence-corrected chi connectivity index (χ3v) is 5.97. The van der Waals surface area contributed by atoms with Gasteiger partial charge in [-0.2, -0.15) is 4.31 Å². The first-order chi connectivity index (χ1) is 11.1. The summed E-state index contributed by atoms with van der Waals surface area (Å²) in [4.78, 5) is 0. The van der Waals surface area contributed by atoms with Gasteiger partial charge in [0, 0.05) is 13.1 Å². The molecule has 0 saturated carbocycles. The average molecular weight is 331 g/mol. The molecule has 122 valence electrons. The molecule has 4 nitrogen and oxygen atoms in total. The molecule has 2 aromatic rings. The van der Waals surface area contributed by atoms with Crippen molar-refractivity contribution < 1.29 is 13.2 Å². The summed E-state index contributed by atoms with van der Waals surface area (Å²) < 4.78 is 32.7. The third kappa shape index (κ3) is 3.80. The van der Waals surface area contributed by atoms with Gasteiger partial charge in [0.2, 0.25) is 10.0 Å². The van der Waals surface area contributed by atoms with Crippen molar-refractivity contribution in [1.29, 1.82) is 0 Å². The standard InChI is InChI=1S/C18H21NO3S/c1-15-7-5-6-10-17(15)18-13-19(11-12-22-18)23(20,21)14-16-8-3-2-4-9-16/h2-10,18H,11-14H2,1H3. The molecule has 1 unspecified atom stereocenters. The van der Waals surface area contributed by atoms with Gasteiger partial charge in [-0.05, 0) is 23.6 Å². The molecule has 0 aliphatic carbocycles. The number of morpholine rings is 1. The maximum atomic E-state index is 12.7. The number of ether oxygens (including phenoxy) is 1. The Labute approximate surface area is 137 Å². The minimum absolute atomic E-state index is 0.0360. The summed E-state index contributed by atoms with van der Waals surface area (Å²) in [5.41, 5.74) is 3.00. The molecule has 0 amide bonds. The fourth-order valence-electron chi connectivity index (χ4n) is 2.89. The van der Waals surface area contributed by atoms with Gasteiger partial charge < -0.3 is 4.74 Å². The van der Waals surface area contributed by atoms with Crippen LogP contribution in [0, 0.1) is 6.92 Å². The molecule has 1 fully saturated rings. The molecular weight excluding hydrogens is 310 g/mol. The summed E-state index contributed by atoms with van der Waals surface area (Å²) in [7, 11) is -3.34. The fraction of sp³-hybridized carbons (Fsp3) is 0.333. The van der Waals surface area contributed by atoms with E-state index in [0.29, 0.717) is 19.7 Å². The average Bonchev–Trinajstić information content (AvgIpc) is 2.56. The summed E-state index contributed by atoms with van der Waals surface area (Å²) in [6.07, 6.45) is -0.199. The van der Waals surface area contributed by atoms with E-state index in [0.717, 1.165) is 16.7 Å². The van der Waals surface area contributed by atoms with Crippen LogP contribution in [-0.4, -0.2) is 32.4 Å². The molecule has 0 bridgehead atoms. The molecular formula is C18H21NO3S. The van der Waals surface area contributed by atoms with Crippen LogP contribution in [0.4, 0.5) is 0 Å². The van der Waals surface area contributed by atoms with E-state index in [1.807, 2.05) is 61.5 Å². The summed E-state index contributed by atoms with van der Waals surface area (Å²) >= 11 is 0. The summed E-state index contributed by atoms with van der Waals surface area (Å²) in [6.45, 7) is 3.24. The van der Waals surface area contributed by atoms with Crippen LogP contribution < -0.4 is 0 Å². The highest BCUT2D eigenvalue weighted by atomic mass is 32.2. The molecule has 1 saturated heterocycles. The second-order valence-corrected chi connectivity index (χ2v) is 7.78. The zero-order valence-corrected chi connectivity index (χ0v) is 14.0. The molecule has 2 aromatic carbocycles. The van der Waals surface area contributed by atoms with Gasteiger partial charge in [0.05, 0.1) is 18.5 Å². The van der Waals surface area contributed by atoms with Crippen molar-refractivity contribution in [2.45, 2.75) is 18.8 Å². The normalized spacial score (nSPS) is 19.6. The van der Waals surface area contributed by atoms with E-state index in [9.17, 15) is 8.42 Å². The first-order valence-corrected chi connectivity index (χ1v) is 9.36. The molecule has 0 radical (unpaired) electrons. The Morgan fingerprint density at radius 3 is 2.52 bits per heavy atom. The lowest BCUT2D eigenvalue weighted by Gasteiger charge is -2.33. The number of sulfonamides is 1. The number of nitrogens with zero attached hydrogens (tertiary/aromatic N) is 1. The molecule has 1 aliphatic heterocycles. The largest absolute Gasteiger partial charge is 0.371 e. The van der Waals surface area contributed by atoms with Crippen molar-refractivity contribution in [3.8, 4) is 0 Å². The van der Waals surface area contributed by atoms with E-state index in [2.05, 4.69) is 0 Å². The van der Waals surface area contributed by atoms with Crippen LogP contribution in [0.25, 0.3) is 0 Å². The Balaban J connectivity index is 1.77. The van der Waals surface area contributed by atoms with Gasteiger partial charge >= 0.3 is 0 Å². The summed E-state index contributed by atoms with van der Waals surface area (Å²) in [5, 5.41) is 0. The van der Waals surface area contributed by atoms with E-state index in [1.54, 1.807) is 4.31 Å². The van der Waals surface area contributed by atoms with Crippen molar-refractivity contribution >= 4 is 10.0 Å². The third-order valence-electron chi connectivity index (χ3n) is 4.15. The molecule has 1 aliphatic rings. The predicted molar refractivity (Wildman–Crippen MR) is 90.5 cm³/mol. The lowest BCUT2D eigenvalue weighted by atomic mass is 10.0. The SMILES string of the molecule is Cc1ccccc1C1CN(S(=O)(=O)Cc2ccccc2)CCO1. The smallest absolute Gasteiger partial charge is 0.218 e. The highest BCUT2D eigenvalue weighted by Gasteiger charge is 2.30. The van der Waals surface area contributed by atoms with Crippen LogP contribution in [0.1, 0.15) is 22.8 Å². The highest BCUT2D eigenvalue weighted by Crippen LogP contribution is 2.27. The zero-order chi connectivity index (χ0) is 16.3. The maximum absolute atomic E-state index is 12.7. The lowest BCUT2D eigenvalue weighted by molar-refractivity contribution is -0.00293. The van der Waals surface area contributed by atoms with Gasteiger partial charge in [-0.25, -0.2) is 8.42 Å². The van der Waals surface area contributed by atoms with E-state index in [4.69, 9.17) is 4.74 Å². The van der Waals surface area contributed by atoms with Gasteiger partial charge in [0.1, 0.15) is 0 Å². The topological polar surface area (TPSA) is 46.6 Å². The van der Waals surface area contributed by atoms with Crippen LogP contribution in [0.3, 0.4) is 0 Å². The first kappa shape index (κ1) is 16.2. The maximum Gasteiger partial charge on any atom is 0.218 e. The molecule has 1 heterocycles. The molecule has 0 aromatic heterocycles. The molecule has 0 spiro atoms. The number of rotatable bonds is 4. The van der Waals surface area contributed by atoms with Crippen molar-refractivity contribution in [2.24, 2.45) is 0 Å². The highest BCUT2D eigenvalue weighted by molar-refractivity contribution is 7.88. The Morgan fingerprint density at radius 2 is 1.78 bits per heavy atom. The van der Waals surface area contributed by atoms with Gasteiger partial charge in [-0.3, -0.25) is 0 Å². The fourth-order valence-corrected chi connectivity index (χ4v) is 4.40. The summed E-state index contributed by atoms with van der Waals surface area (Å²) in [5.74, 6) is 0.0360. The number of hydrogen-bond donors (Lipinski definition) is 0. The Kier molecular flexibility index (Phi) is 4.80. The van der Waals surface area contributed by atoms with Crippen molar-refractivity contribution in [3.05, 3.63) is 71.3 Å². The minimum Gasteiger partial charge on any atom is -0.371 e. The minimum atomic E-state index is -3.34. The van der Waals surface area contributed by atoms with E-state index in [1.165, 1.54) is 0 Å². The van der Waals surface area contributed by atoms with Crippen LogP contribution >= 0.6 is 0 Å². The molecule has 5 heteroatoms. The first-order valence-electron chi connectivity index (χ1n) is 7.75. The van der Waals surface area contributed by atoms with E-state index in [-0.39, 0.29) is 11.9 Å². The monoisotopic (exact) mass is 331 g/mol. The van der Waals surface area contributed by atoms with Gasteiger partial charge in [0.15, 0.2) is 0 Å². The zero-order valence-electron chi connectivity index (χ0n) is 13.2. The van der Waals surface area contributed by atoms with Crippen molar-refractivity contribution in [3.63, 3.8) is 0 Å². The predicted octanol–water partition coefficient (Wildman–Crippen LogP) is 2.90. The molecule has 23 heavy (non-hydrogen) atoms. The van der Waals surface area contributed by atoms with Gasteiger partial charge in [-0.1, -0.05) is 54.6 Å². The van der Waals surface area contributed by atoms with Crippen LogP contribution in [0.2, 0.25) is 0 Å². The second-order valence-electron chi connectivity index (χ2n) is 5.82. The molecule has 1 atom stereocenters. The number of hydrogen-bond acceptors (Lipinski definition) is 3. The van der Waals surface area contributed by atoms with Crippen LogP contribution in [-0.2, 0) is 20.5 Å². The summed E-state index contributed by atoms with van der Waals surface area (Å²) in [6, 6.07) is 17.3. The van der Waals surface area contributed by atoms with Crippen molar-refractivity contribution in [2.75, 3.05) is 19.7 Å². The molecule has 0 N–H and O–H groups in total. The van der Waals surface area contributed by atoms with E-state index >= 15 is 0 Å². The second kappa shape index (κ2) is 6.83. The Hall–Kier alpha value is -1.69. The Bertz CT molecular complexity index is 759. The number of benzene rings is 2. The van der Waals surface area contributed by atoms with E-state index < -0.39 is 10.0 Å². The van der Waals surface area contributed by atoms with Crippen LogP contribution in [0.15, 0.2) is 54.6 Å². The van der Waals surface area contributed by atoms with Crippen molar-refractivity contribution in [1.82, 2.24) is 4.31 Å². The number of aryl methyl sites for hydroxylation is 1. The van der Waals surface area contributed by atoms with Gasteiger partial charge in [-0.15, -0.1) is 0 Å². The molecule has 3 rings (SSSR count). The van der Waals surface area contributed by atoms with Crippen LogP contribution in [0.5, 0.6) is 0 Å². The van der Waals surface area contributed by atoms with Gasteiger partial charge in [0.25, 0.3) is 0 Å². The quantitative estimate of drug-likeness (QED) is 0.865. The Morgan fingerprint density at radius 1 is 1.09 bits per heavy atom.